The fraction of sp³-hybridized carbons (Fsp3) is 0. The SMILES string of the molecule is Clc1ccccc1-c1cn(-c2ccccc2Cl)nn1. The molecule has 0 saturated heterocycles. The van der Waals surface area contributed by atoms with Crippen molar-refractivity contribution in [3.05, 3.63) is 64.8 Å². The van der Waals surface area contributed by atoms with Crippen molar-refractivity contribution in [2.45, 2.75) is 0 Å². The van der Waals surface area contributed by atoms with Crippen LogP contribution in [0.5, 0.6) is 0 Å². The van der Waals surface area contributed by atoms with Crippen LogP contribution in [0.1, 0.15) is 0 Å². The third-order valence-corrected chi connectivity index (χ3v) is 3.39. The zero-order valence-electron chi connectivity index (χ0n) is 9.79. The molecule has 0 N–H and O–H groups in total. The number of benzene rings is 2. The fourth-order valence-electron chi connectivity index (χ4n) is 1.81. The van der Waals surface area contributed by atoms with Gasteiger partial charge in [0, 0.05) is 5.56 Å². The molecule has 0 spiro atoms. The summed E-state index contributed by atoms with van der Waals surface area (Å²) in [5.41, 5.74) is 2.35. The van der Waals surface area contributed by atoms with Gasteiger partial charge in [0.2, 0.25) is 0 Å². The van der Waals surface area contributed by atoms with Gasteiger partial charge in [-0.2, -0.15) is 0 Å². The molecule has 19 heavy (non-hydrogen) atoms. The Kier molecular flexibility index (Phi) is 3.23. The molecule has 0 aliphatic rings. The Hall–Kier alpha value is -1.84. The van der Waals surface area contributed by atoms with E-state index in [1.165, 1.54) is 0 Å². The maximum atomic E-state index is 6.14. The molecular weight excluding hydrogens is 281 g/mol. The van der Waals surface area contributed by atoms with Crippen LogP contribution < -0.4 is 0 Å². The quantitative estimate of drug-likeness (QED) is 0.706. The summed E-state index contributed by atoms with van der Waals surface area (Å²) in [6, 6.07) is 15.0. The van der Waals surface area contributed by atoms with Crippen LogP contribution in [-0.2, 0) is 0 Å². The summed E-state index contributed by atoms with van der Waals surface area (Å²) in [6.45, 7) is 0. The number of hydrogen-bond donors (Lipinski definition) is 0. The van der Waals surface area contributed by atoms with E-state index in [0.29, 0.717) is 15.7 Å². The maximum absolute atomic E-state index is 6.14. The molecule has 0 fully saturated rings. The number of aromatic nitrogens is 3. The second kappa shape index (κ2) is 5.03. The molecule has 3 rings (SSSR count). The van der Waals surface area contributed by atoms with E-state index in [-0.39, 0.29) is 0 Å². The van der Waals surface area contributed by atoms with Crippen molar-refractivity contribution in [1.29, 1.82) is 0 Å². The van der Waals surface area contributed by atoms with Gasteiger partial charge in [-0.1, -0.05) is 58.7 Å². The predicted molar refractivity (Wildman–Crippen MR) is 76.8 cm³/mol. The first-order chi connectivity index (χ1) is 9.25. The number of halogens is 2. The van der Waals surface area contributed by atoms with Gasteiger partial charge in [-0.3, -0.25) is 0 Å². The average Bonchev–Trinajstić information content (AvgIpc) is 2.89. The van der Waals surface area contributed by atoms with Crippen molar-refractivity contribution in [3.63, 3.8) is 0 Å². The van der Waals surface area contributed by atoms with E-state index >= 15 is 0 Å². The van der Waals surface area contributed by atoms with Crippen LogP contribution in [-0.4, -0.2) is 15.0 Å². The highest BCUT2D eigenvalue weighted by molar-refractivity contribution is 6.33. The molecule has 0 saturated carbocycles. The molecule has 1 heterocycles. The van der Waals surface area contributed by atoms with Gasteiger partial charge in [-0.05, 0) is 18.2 Å². The van der Waals surface area contributed by atoms with E-state index in [4.69, 9.17) is 23.2 Å². The summed E-state index contributed by atoms with van der Waals surface area (Å²) in [7, 11) is 0. The highest BCUT2D eigenvalue weighted by atomic mass is 35.5. The fourth-order valence-corrected chi connectivity index (χ4v) is 2.27. The molecule has 0 bridgehead atoms. The first-order valence-corrected chi connectivity index (χ1v) is 6.43. The minimum atomic E-state index is 0.623. The van der Waals surface area contributed by atoms with Crippen molar-refractivity contribution < 1.29 is 0 Å². The third kappa shape index (κ3) is 2.35. The average molecular weight is 290 g/mol. The van der Waals surface area contributed by atoms with Gasteiger partial charge in [0.25, 0.3) is 0 Å². The third-order valence-electron chi connectivity index (χ3n) is 2.74. The van der Waals surface area contributed by atoms with Gasteiger partial charge in [0.1, 0.15) is 5.69 Å². The van der Waals surface area contributed by atoms with E-state index in [9.17, 15) is 0 Å². The molecule has 3 aromatic rings. The Morgan fingerprint density at radius 2 is 1.53 bits per heavy atom. The van der Waals surface area contributed by atoms with Gasteiger partial charge in [-0.15, -0.1) is 5.10 Å². The Balaban J connectivity index is 2.06. The maximum Gasteiger partial charge on any atom is 0.115 e. The Labute approximate surface area is 120 Å². The van der Waals surface area contributed by atoms with E-state index in [1.54, 1.807) is 4.68 Å². The van der Waals surface area contributed by atoms with E-state index < -0.39 is 0 Å². The molecule has 2 aromatic carbocycles. The smallest absolute Gasteiger partial charge is 0.115 e. The summed E-state index contributed by atoms with van der Waals surface area (Å²) in [5.74, 6) is 0. The van der Waals surface area contributed by atoms with Crippen LogP contribution in [0, 0.1) is 0 Å². The minimum absolute atomic E-state index is 0.623. The Bertz CT molecular complexity index is 662. The van der Waals surface area contributed by atoms with Crippen molar-refractivity contribution >= 4 is 23.2 Å². The van der Waals surface area contributed by atoms with Crippen LogP contribution in [0.3, 0.4) is 0 Å². The normalized spacial score (nSPS) is 10.6. The van der Waals surface area contributed by atoms with Gasteiger partial charge in [-0.25, -0.2) is 4.68 Å². The summed E-state index contributed by atoms with van der Waals surface area (Å²) in [6.07, 6.45) is 1.81. The monoisotopic (exact) mass is 289 g/mol. The van der Waals surface area contributed by atoms with Crippen LogP contribution >= 0.6 is 23.2 Å². The van der Waals surface area contributed by atoms with Crippen LogP contribution in [0.15, 0.2) is 54.7 Å². The Morgan fingerprint density at radius 3 is 2.26 bits per heavy atom. The largest absolute Gasteiger partial charge is 0.219 e. The first-order valence-electron chi connectivity index (χ1n) is 5.68. The molecule has 1 aromatic heterocycles. The number of hydrogen-bond acceptors (Lipinski definition) is 2. The second-order valence-electron chi connectivity index (χ2n) is 3.98. The lowest BCUT2D eigenvalue weighted by molar-refractivity contribution is 0.804. The molecule has 0 aliphatic carbocycles. The lowest BCUT2D eigenvalue weighted by Gasteiger charge is -2.01. The van der Waals surface area contributed by atoms with Crippen LogP contribution in [0.2, 0.25) is 10.0 Å². The number of para-hydroxylation sites is 1. The highest BCUT2D eigenvalue weighted by Crippen LogP contribution is 2.27. The molecule has 94 valence electrons. The lowest BCUT2D eigenvalue weighted by Crippen LogP contribution is -1.95. The topological polar surface area (TPSA) is 30.7 Å². The molecule has 0 unspecified atom stereocenters. The van der Waals surface area contributed by atoms with E-state index in [0.717, 1.165) is 11.3 Å². The summed E-state index contributed by atoms with van der Waals surface area (Å²) in [4.78, 5) is 0. The van der Waals surface area contributed by atoms with Gasteiger partial charge < -0.3 is 0 Å². The summed E-state index contributed by atoms with van der Waals surface area (Å²) >= 11 is 12.3. The molecule has 0 atom stereocenters. The van der Waals surface area contributed by atoms with Crippen LogP contribution in [0.25, 0.3) is 16.9 Å². The summed E-state index contributed by atoms with van der Waals surface area (Å²) in [5, 5.41) is 9.49. The zero-order chi connectivity index (χ0) is 13.2. The standard InChI is InChI=1S/C14H9Cl2N3/c15-11-6-2-1-5-10(11)13-9-19(18-17-13)14-8-4-3-7-12(14)16/h1-9H. The molecule has 5 heteroatoms. The molecule has 0 radical (unpaired) electrons. The molecular formula is C14H9Cl2N3. The number of nitrogens with zero attached hydrogens (tertiary/aromatic N) is 3. The summed E-state index contributed by atoms with van der Waals surface area (Å²) < 4.78 is 1.64. The minimum Gasteiger partial charge on any atom is -0.219 e. The molecule has 3 nitrogen and oxygen atoms in total. The first kappa shape index (κ1) is 12.2. The lowest BCUT2D eigenvalue weighted by atomic mass is 10.2. The number of rotatable bonds is 2. The second-order valence-corrected chi connectivity index (χ2v) is 4.79. The highest BCUT2D eigenvalue weighted by Gasteiger charge is 2.09. The van der Waals surface area contributed by atoms with Crippen molar-refractivity contribution in [3.8, 4) is 16.9 Å². The van der Waals surface area contributed by atoms with Crippen molar-refractivity contribution in [1.82, 2.24) is 15.0 Å². The van der Waals surface area contributed by atoms with Gasteiger partial charge >= 0.3 is 0 Å². The van der Waals surface area contributed by atoms with Crippen LogP contribution in [0.4, 0.5) is 0 Å². The Morgan fingerprint density at radius 1 is 0.842 bits per heavy atom. The van der Waals surface area contributed by atoms with Crippen molar-refractivity contribution in [2.24, 2.45) is 0 Å². The molecule has 0 aliphatic heterocycles. The van der Waals surface area contributed by atoms with Gasteiger partial charge in [0.05, 0.1) is 21.9 Å². The van der Waals surface area contributed by atoms with Gasteiger partial charge in [0.15, 0.2) is 0 Å². The molecule has 0 amide bonds. The van der Waals surface area contributed by atoms with Crippen molar-refractivity contribution in [2.75, 3.05) is 0 Å². The van der Waals surface area contributed by atoms with E-state index in [1.807, 2.05) is 54.7 Å². The zero-order valence-corrected chi connectivity index (χ0v) is 11.3. The predicted octanol–water partition coefficient (Wildman–Crippen LogP) is 4.24. The van der Waals surface area contributed by atoms with E-state index in [2.05, 4.69) is 10.3 Å².